The Morgan fingerprint density at radius 1 is 1.19 bits per heavy atom. The summed E-state index contributed by atoms with van der Waals surface area (Å²) in [6, 6.07) is 5.90. The monoisotopic (exact) mass is 221 g/mol. The standard InChI is InChI=1S/C11H11NO4/c13-9-3-1-7(2-4-9)10(14)12-5-8(6-12)11(15)16/h1-4,8,13H,5-6H2,(H,15,16). The number of hydrogen-bond donors (Lipinski definition) is 2. The topological polar surface area (TPSA) is 77.8 Å². The number of carboxylic acids is 1. The summed E-state index contributed by atoms with van der Waals surface area (Å²) in [5.74, 6) is -1.41. The smallest absolute Gasteiger partial charge is 0.310 e. The summed E-state index contributed by atoms with van der Waals surface area (Å²) in [6.07, 6.45) is 0. The minimum atomic E-state index is -0.866. The second kappa shape index (κ2) is 3.84. The molecule has 1 heterocycles. The summed E-state index contributed by atoms with van der Waals surface area (Å²) in [5, 5.41) is 17.7. The van der Waals surface area contributed by atoms with Gasteiger partial charge in [-0.05, 0) is 24.3 Å². The Balaban J connectivity index is 2.00. The van der Waals surface area contributed by atoms with Gasteiger partial charge in [-0.15, -0.1) is 0 Å². The van der Waals surface area contributed by atoms with Gasteiger partial charge in [0, 0.05) is 18.7 Å². The fourth-order valence-electron chi connectivity index (χ4n) is 1.59. The van der Waals surface area contributed by atoms with Crippen molar-refractivity contribution in [3.05, 3.63) is 29.8 Å². The molecule has 0 aromatic heterocycles. The Hall–Kier alpha value is -2.04. The van der Waals surface area contributed by atoms with Gasteiger partial charge < -0.3 is 15.1 Å². The number of aromatic hydroxyl groups is 1. The van der Waals surface area contributed by atoms with Crippen LogP contribution in [0.4, 0.5) is 0 Å². The first kappa shape index (κ1) is 10.5. The van der Waals surface area contributed by atoms with Crippen LogP contribution in [0.25, 0.3) is 0 Å². The minimum Gasteiger partial charge on any atom is -0.508 e. The lowest BCUT2D eigenvalue weighted by Crippen LogP contribution is -2.53. The van der Waals surface area contributed by atoms with E-state index >= 15 is 0 Å². The largest absolute Gasteiger partial charge is 0.508 e. The van der Waals surface area contributed by atoms with Crippen molar-refractivity contribution in [3.8, 4) is 5.75 Å². The highest BCUT2D eigenvalue weighted by Gasteiger charge is 2.35. The molecule has 16 heavy (non-hydrogen) atoms. The lowest BCUT2D eigenvalue weighted by molar-refractivity contribution is -0.146. The van der Waals surface area contributed by atoms with Gasteiger partial charge >= 0.3 is 5.97 Å². The van der Waals surface area contributed by atoms with Crippen molar-refractivity contribution in [1.82, 2.24) is 4.90 Å². The van der Waals surface area contributed by atoms with Gasteiger partial charge in [0.1, 0.15) is 5.75 Å². The minimum absolute atomic E-state index is 0.101. The van der Waals surface area contributed by atoms with Crippen LogP contribution in [0.15, 0.2) is 24.3 Å². The third kappa shape index (κ3) is 1.84. The molecular weight excluding hydrogens is 210 g/mol. The Bertz CT molecular complexity index is 420. The van der Waals surface area contributed by atoms with E-state index in [9.17, 15) is 9.59 Å². The van der Waals surface area contributed by atoms with E-state index < -0.39 is 11.9 Å². The van der Waals surface area contributed by atoms with Gasteiger partial charge in [-0.1, -0.05) is 0 Å². The zero-order chi connectivity index (χ0) is 11.7. The third-order valence-corrected chi connectivity index (χ3v) is 2.63. The molecule has 0 radical (unpaired) electrons. The second-order valence-corrected chi connectivity index (χ2v) is 3.79. The maximum Gasteiger partial charge on any atom is 0.310 e. The fraction of sp³-hybridized carbons (Fsp3) is 0.273. The summed E-state index contributed by atoms with van der Waals surface area (Å²) in [7, 11) is 0. The molecule has 0 atom stereocenters. The molecule has 1 aromatic rings. The number of phenolic OH excluding ortho intramolecular Hbond substituents is 1. The fourth-order valence-corrected chi connectivity index (χ4v) is 1.59. The van der Waals surface area contributed by atoms with E-state index in [1.807, 2.05) is 0 Å². The molecule has 84 valence electrons. The maximum atomic E-state index is 11.8. The Morgan fingerprint density at radius 3 is 2.25 bits per heavy atom. The number of aliphatic carboxylic acids is 1. The number of rotatable bonds is 2. The number of nitrogens with zero attached hydrogens (tertiary/aromatic N) is 1. The average Bonchev–Trinajstić information content (AvgIpc) is 2.15. The molecule has 1 amide bonds. The number of carbonyl (C=O) groups is 2. The van der Waals surface area contributed by atoms with Crippen LogP contribution in [0.3, 0.4) is 0 Å². The number of phenols is 1. The Labute approximate surface area is 91.9 Å². The van der Waals surface area contributed by atoms with Gasteiger partial charge in [0.2, 0.25) is 0 Å². The van der Waals surface area contributed by atoms with E-state index in [0.717, 1.165) is 0 Å². The van der Waals surface area contributed by atoms with Crippen LogP contribution in [-0.2, 0) is 4.79 Å². The molecule has 0 aliphatic carbocycles. The normalized spacial score (nSPS) is 15.6. The first-order valence-corrected chi connectivity index (χ1v) is 4.89. The van der Waals surface area contributed by atoms with Crippen LogP contribution in [0.2, 0.25) is 0 Å². The number of amides is 1. The Kier molecular flexibility index (Phi) is 2.52. The van der Waals surface area contributed by atoms with Crippen molar-refractivity contribution < 1.29 is 19.8 Å². The molecule has 1 fully saturated rings. The lowest BCUT2D eigenvalue weighted by atomic mass is 9.99. The molecule has 0 bridgehead atoms. The van der Waals surface area contributed by atoms with Crippen LogP contribution in [-0.4, -0.2) is 40.1 Å². The summed E-state index contributed by atoms with van der Waals surface area (Å²) < 4.78 is 0. The van der Waals surface area contributed by atoms with Crippen LogP contribution in [0.1, 0.15) is 10.4 Å². The van der Waals surface area contributed by atoms with Gasteiger partial charge in [0.15, 0.2) is 0 Å². The van der Waals surface area contributed by atoms with E-state index in [0.29, 0.717) is 5.56 Å². The van der Waals surface area contributed by atoms with Gasteiger partial charge in [-0.2, -0.15) is 0 Å². The highest BCUT2D eigenvalue weighted by molar-refractivity contribution is 5.95. The van der Waals surface area contributed by atoms with Gasteiger partial charge in [0.25, 0.3) is 5.91 Å². The second-order valence-electron chi connectivity index (χ2n) is 3.79. The summed E-state index contributed by atoms with van der Waals surface area (Å²) >= 11 is 0. The number of likely N-dealkylation sites (tertiary alicyclic amines) is 1. The van der Waals surface area contributed by atoms with E-state index in [1.54, 1.807) is 0 Å². The van der Waals surface area contributed by atoms with Crippen LogP contribution >= 0.6 is 0 Å². The van der Waals surface area contributed by atoms with Crippen molar-refractivity contribution in [2.24, 2.45) is 5.92 Å². The number of benzene rings is 1. The zero-order valence-electron chi connectivity index (χ0n) is 8.46. The molecule has 2 rings (SSSR count). The molecule has 5 nitrogen and oxygen atoms in total. The predicted molar refractivity (Wildman–Crippen MR) is 55.1 cm³/mol. The van der Waals surface area contributed by atoms with Crippen LogP contribution < -0.4 is 0 Å². The van der Waals surface area contributed by atoms with E-state index in [4.69, 9.17) is 10.2 Å². The van der Waals surface area contributed by atoms with Gasteiger partial charge in [0.05, 0.1) is 5.92 Å². The Morgan fingerprint density at radius 2 is 1.75 bits per heavy atom. The molecule has 5 heteroatoms. The van der Waals surface area contributed by atoms with Crippen LogP contribution in [0, 0.1) is 5.92 Å². The SMILES string of the molecule is O=C(O)C1CN(C(=O)c2ccc(O)cc2)C1. The maximum absolute atomic E-state index is 11.8. The van der Waals surface area contributed by atoms with Crippen molar-refractivity contribution in [2.75, 3.05) is 13.1 Å². The summed E-state index contributed by atoms with van der Waals surface area (Å²) in [6.45, 7) is 0.518. The van der Waals surface area contributed by atoms with Crippen molar-refractivity contribution in [2.45, 2.75) is 0 Å². The quantitative estimate of drug-likeness (QED) is 0.764. The molecule has 1 aromatic carbocycles. The number of carboxylic acid groups (broad SMARTS) is 1. The third-order valence-electron chi connectivity index (χ3n) is 2.63. The molecule has 1 saturated heterocycles. The molecule has 0 spiro atoms. The van der Waals surface area contributed by atoms with E-state index in [2.05, 4.69) is 0 Å². The van der Waals surface area contributed by atoms with Crippen molar-refractivity contribution in [3.63, 3.8) is 0 Å². The average molecular weight is 221 g/mol. The molecule has 0 saturated carbocycles. The highest BCUT2D eigenvalue weighted by Crippen LogP contribution is 2.19. The van der Waals surface area contributed by atoms with Crippen molar-refractivity contribution in [1.29, 1.82) is 0 Å². The lowest BCUT2D eigenvalue weighted by Gasteiger charge is -2.36. The van der Waals surface area contributed by atoms with Gasteiger partial charge in [-0.3, -0.25) is 9.59 Å². The first-order chi connectivity index (χ1) is 7.58. The highest BCUT2D eigenvalue weighted by atomic mass is 16.4. The summed E-state index contributed by atoms with van der Waals surface area (Å²) in [5.41, 5.74) is 0.460. The molecule has 2 N–H and O–H groups in total. The molecule has 1 aliphatic rings. The van der Waals surface area contributed by atoms with Gasteiger partial charge in [-0.25, -0.2) is 0 Å². The first-order valence-electron chi connectivity index (χ1n) is 4.89. The van der Waals surface area contributed by atoms with E-state index in [-0.39, 0.29) is 24.7 Å². The van der Waals surface area contributed by atoms with E-state index in [1.165, 1.54) is 29.2 Å². The zero-order valence-corrected chi connectivity index (χ0v) is 8.46. The number of hydrogen-bond acceptors (Lipinski definition) is 3. The number of carbonyl (C=O) groups excluding carboxylic acids is 1. The van der Waals surface area contributed by atoms with Crippen molar-refractivity contribution >= 4 is 11.9 Å². The predicted octanol–water partition coefficient (Wildman–Crippen LogP) is 0.549. The van der Waals surface area contributed by atoms with Crippen LogP contribution in [0.5, 0.6) is 5.75 Å². The summed E-state index contributed by atoms with van der Waals surface area (Å²) in [4.78, 5) is 23.8. The molecule has 1 aliphatic heterocycles. The molecular formula is C11H11NO4. The molecule has 0 unspecified atom stereocenters.